The standard InChI is InChI=1S/C23H24F3N7O3S/c1-14-19(12-32(2)30-14)20-11-18-21(29-20)27-13-28-22(18)33-9-7-15(8-10-33)31-37(34,35)17-5-3-16(4-6-17)36-23(24,25)26/h3-6,11-13,15,31H,7-10H2,1-2H3,(H,27,28,29). The Balaban J connectivity index is 1.26. The summed E-state index contributed by atoms with van der Waals surface area (Å²) >= 11 is 0. The molecule has 2 N–H and O–H groups in total. The Morgan fingerprint density at radius 2 is 1.84 bits per heavy atom. The fraction of sp³-hybridized carbons (Fsp3) is 0.348. The van der Waals surface area contributed by atoms with E-state index in [9.17, 15) is 21.6 Å². The van der Waals surface area contributed by atoms with Crippen LogP contribution in [0.15, 0.2) is 47.8 Å². The van der Waals surface area contributed by atoms with Crippen LogP contribution in [0.1, 0.15) is 18.5 Å². The number of halogens is 3. The van der Waals surface area contributed by atoms with Crippen molar-refractivity contribution in [1.29, 1.82) is 0 Å². The Hall–Kier alpha value is -3.65. The van der Waals surface area contributed by atoms with E-state index in [0.717, 1.165) is 52.4 Å². The molecule has 0 aliphatic carbocycles. The molecule has 14 heteroatoms. The number of aromatic nitrogens is 5. The molecule has 4 aromatic rings. The van der Waals surface area contributed by atoms with Gasteiger partial charge in [0.2, 0.25) is 10.0 Å². The lowest BCUT2D eigenvalue weighted by Crippen LogP contribution is -2.44. The third-order valence-electron chi connectivity index (χ3n) is 6.19. The van der Waals surface area contributed by atoms with E-state index < -0.39 is 22.1 Å². The van der Waals surface area contributed by atoms with Crippen LogP contribution < -0.4 is 14.4 Å². The van der Waals surface area contributed by atoms with Crippen LogP contribution in [0.3, 0.4) is 0 Å². The second kappa shape index (κ2) is 9.34. The van der Waals surface area contributed by atoms with Crippen molar-refractivity contribution in [2.24, 2.45) is 7.05 Å². The summed E-state index contributed by atoms with van der Waals surface area (Å²) < 4.78 is 70.8. The van der Waals surface area contributed by atoms with Crippen LogP contribution in [0.2, 0.25) is 0 Å². The molecule has 1 saturated heterocycles. The number of rotatable bonds is 6. The first-order chi connectivity index (χ1) is 17.5. The molecule has 4 heterocycles. The van der Waals surface area contributed by atoms with Crippen LogP contribution in [0, 0.1) is 6.92 Å². The van der Waals surface area contributed by atoms with E-state index in [1.807, 2.05) is 26.2 Å². The summed E-state index contributed by atoms with van der Waals surface area (Å²) in [6.45, 7) is 3.05. The number of nitrogens with one attached hydrogen (secondary N) is 2. The number of hydrogen-bond acceptors (Lipinski definition) is 7. The van der Waals surface area contributed by atoms with Gasteiger partial charge in [-0.2, -0.15) is 5.10 Å². The molecular weight excluding hydrogens is 511 g/mol. The van der Waals surface area contributed by atoms with Gasteiger partial charge >= 0.3 is 6.36 Å². The molecule has 0 radical (unpaired) electrons. The molecule has 0 atom stereocenters. The maximum atomic E-state index is 12.8. The van der Waals surface area contributed by atoms with E-state index >= 15 is 0 Å². The molecule has 5 rings (SSSR count). The van der Waals surface area contributed by atoms with Crippen molar-refractivity contribution in [2.75, 3.05) is 18.0 Å². The maximum absolute atomic E-state index is 12.8. The fourth-order valence-corrected chi connectivity index (χ4v) is 5.81. The minimum absolute atomic E-state index is 0.132. The van der Waals surface area contributed by atoms with Crippen molar-refractivity contribution in [1.82, 2.24) is 29.5 Å². The molecule has 1 aliphatic heterocycles. The Morgan fingerprint density at radius 3 is 2.46 bits per heavy atom. The summed E-state index contributed by atoms with van der Waals surface area (Å²) in [5, 5.41) is 5.25. The van der Waals surface area contributed by atoms with Gasteiger partial charge in [0.1, 0.15) is 23.5 Å². The molecule has 0 spiro atoms. The van der Waals surface area contributed by atoms with E-state index in [0.29, 0.717) is 31.6 Å². The first kappa shape index (κ1) is 25.0. The van der Waals surface area contributed by atoms with Crippen molar-refractivity contribution in [2.45, 2.75) is 37.1 Å². The molecule has 1 fully saturated rings. The average Bonchev–Trinajstić information content (AvgIpc) is 3.40. The highest BCUT2D eigenvalue weighted by molar-refractivity contribution is 7.89. The lowest BCUT2D eigenvalue weighted by Gasteiger charge is -2.33. The number of ether oxygens (including phenoxy) is 1. The van der Waals surface area contributed by atoms with Gasteiger partial charge < -0.3 is 14.6 Å². The van der Waals surface area contributed by atoms with Gasteiger partial charge in [0, 0.05) is 37.9 Å². The van der Waals surface area contributed by atoms with Crippen molar-refractivity contribution < 1.29 is 26.3 Å². The zero-order valence-corrected chi connectivity index (χ0v) is 20.8. The van der Waals surface area contributed by atoms with E-state index in [2.05, 4.69) is 34.4 Å². The number of piperidine rings is 1. The quantitative estimate of drug-likeness (QED) is 0.388. The number of benzene rings is 1. The summed E-state index contributed by atoms with van der Waals surface area (Å²) in [5.41, 5.74) is 3.44. The molecule has 1 aromatic carbocycles. The third kappa shape index (κ3) is 5.39. The number of nitrogens with zero attached hydrogens (tertiary/aromatic N) is 5. The van der Waals surface area contributed by atoms with E-state index in [4.69, 9.17) is 0 Å². The summed E-state index contributed by atoms with van der Waals surface area (Å²) in [6.07, 6.45) is -0.365. The van der Waals surface area contributed by atoms with Crippen LogP contribution in [0.25, 0.3) is 22.3 Å². The predicted octanol–water partition coefficient (Wildman–Crippen LogP) is 3.51. The van der Waals surface area contributed by atoms with E-state index in [-0.39, 0.29) is 10.9 Å². The average molecular weight is 536 g/mol. The first-order valence-corrected chi connectivity index (χ1v) is 12.9. The second-order valence-corrected chi connectivity index (χ2v) is 10.6. The molecule has 37 heavy (non-hydrogen) atoms. The highest BCUT2D eigenvalue weighted by Crippen LogP contribution is 2.31. The maximum Gasteiger partial charge on any atom is 0.573 e. The predicted molar refractivity (Wildman–Crippen MR) is 130 cm³/mol. The van der Waals surface area contributed by atoms with E-state index in [1.54, 1.807) is 4.68 Å². The minimum Gasteiger partial charge on any atom is -0.406 e. The molecule has 0 unspecified atom stereocenters. The van der Waals surface area contributed by atoms with Gasteiger partial charge in [-0.1, -0.05) is 0 Å². The Labute approximate surface area is 210 Å². The monoisotopic (exact) mass is 535 g/mol. The number of fused-ring (bicyclic) bond motifs is 1. The van der Waals surface area contributed by atoms with Crippen LogP contribution >= 0.6 is 0 Å². The third-order valence-corrected chi connectivity index (χ3v) is 7.73. The lowest BCUT2D eigenvalue weighted by molar-refractivity contribution is -0.274. The van der Waals surface area contributed by atoms with Crippen LogP contribution in [-0.4, -0.2) is 58.6 Å². The highest BCUT2D eigenvalue weighted by atomic mass is 32.2. The number of sulfonamides is 1. The molecule has 10 nitrogen and oxygen atoms in total. The molecule has 196 valence electrons. The van der Waals surface area contributed by atoms with Crippen molar-refractivity contribution >= 4 is 26.9 Å². The van der Waals surface area contributed by atoms with Crippen LogP contribution in [-0.2, 0) is 17.1 Å². The molecule has 3 aromatic heterocycles. The van der Waals surface area contributed by atoms with E-state index in [1.165, 1.54) is 6.33 Å². The molecular formula is C23H24F3N7O3S. The van der Waals surface area contributed by atoms with Gasteiger partial charge in [0.25, 0.3) is 0 Å². The van der Waals surface area contributed by atoms with Crippen LogP contribution in [0.5, 0.6) is 5.75 Å². The number of anilines is 1. The van der Waals surface area contributed by atoms with Crippen molar-refractivity contribution in [3.05, 3.63) is 48.5 Å². The topological polar surface area (TPSA) is 118 Å². The summed E-state index contributed by atoms with van der Waals surface area (Å²) in [7, 11) is -2.05. The highest BCUT2D eigenvalue weighted by Gasteiger charge is 2.31. The zero-order valence-electron chi connectivity index (χ0n) is 20.0. The fourth-order valence-electron chi connectivity index (χ4n) is 4.50. The lowest BCUT2D eigenvalue weighted by atomic mass is 10.1. The van der Waals surface area contributed by atoms with Crippen LogP contribution in [0.4, 0.5) is 19.0 Å². The summed E-state index contributed by atoms with van der Waals surface area (Å²) in [5.74, 6) is 0.276. The molecule has 1 aliphatic rings. The van der Waals surface area contributed by atoms with Crippen molar-refractivity contribution in [3.8, 4) is 17.0 Å². The van der Waals surface area contributed by atoms with Gasteiger partial charge in [-0.05, 0) is 50.1 Å². The summed E-state index contributed by atoms with van der Waals surface area (Å²) in [4.78, 5) is 14.1. The van der Waals surface area contributed by atoms with Crippen molar-refractivity contribution in [3.63, 3.8) is 0 Å². The Bertz CT molecular complexity index is 1520. The molecule has 0 saturated carbocycles. The minimum atomic E-state index is -4.85. The van der Waals surface area contributed by atoms with Gasteiger partial charge in [0.05, 0.1) is 21.7 Å². The molecule has 0 bridgehead atoms. The van der Waals surface area contributed by atoms with Gasteiger partial charge in [-0.3, -0.25) is 4.68 Å². The summed E-state index contributed by atoms with van der Waals surface area (Å²) in [6, 6.07) is 5.79. The largest absolute Gasteiger partial charge is 0.573 e. The number of H-pyrrole nitrogens is 1. The Morgan fingerprint density at radius 1 is 1.14 bits per heavy atom. The van der Waals surface area contributed by atoms with Gasteiger partial charge in [-0.15, -0.1) is 13.2 Å². The second-order valence-electron chi connectivity index (χ2n) is 8.85. The molecule has 0 amide bonds. The van der Waals surface area contributed by atoms with Gasteiger partial charge in [-0.25, -0.2) is 23.1 Å². The number of aromatic amines is 1. The smallest absolute Gasteiger partial charge is 0.406 e. The number of aryl methyl sites for hydroxylation is 2. The van der Waals surface area contributed by atoms with Gasteiger partial charge in [0.15, 0.2) is 0 Å². The first-order valence-electron chi connectivity index (χ1n) is 11.5. The normalized spacial score (nSPS) is 15.4. The number of hydrogen-bond donors (Lipinski definition) is 2. The SMILES string of the molecule is Cc1nn(C)cc1-c1cc2c(N3CCC(NS(=O)(=O)c4ccc(OC(F)(F)F)cc4)CC3)ncnc2[nH]1. The zero-order chi connectivity index (χ0) is 26.4. The Kier molecular flexibility index (Phi) is 6.31. The number of alkyl halides is 3.